The summed E-state index contributed by atoms with van der Waals surface area (Å²) in [5.41, 5.74) is 3.48. The Morgan fingerprint density at radius 2 is 1.89 bits per heavy atom. The summed E-state index contributed by atoms with van der Waals surface area (Å²) in [4.78, 5) is 19.5. The van der Waals surface area contributed by atoms with Crippen molar-refractivity contribution in [1.29, 1.82) is 0 Å². The zero-order valence-corrected chi connectivity index (χ0v) is 23.3. The Labute approximate surface area is 231 Å². The third-order valence-corrected chi connectivity index (χ3v) is 8.59. The molecule has 0 radical (unpaired) electrons. The van der Waals surface area contributed by atoms with Crippen LogP contribution in [0.15, 0.2) is 70.1 Å². The number of rotatable bonds is 5. The van der Waals surface area contributed by atoms with Gasteiger partial charge in [-0.25, -0.2) is 4.99 Å². The first-order valence-corrected chi connectivity index (χ1v) is 13.9. The lowest BCUT2D eigenvalue weighted by molar-refractivity contribution is 0.102. The van der Waals surface area contributed by atoms with E-state index in [1.165, 1.54) is 4.88 Å². The van der Waals surface area contributed by atoms with Gasteiger partial charge in [-0.05, 0) is 78.6 Å². The molecule has 190 valence electrons. The van der Waals surface area contributed by atoms with Gasteiger partial charge in [0.05, 0.1) is 16.8 Å². The molecule has 5 rings (SSSR count). The largest absolute Gasteiger partial charge is 0.455 e. The molecular formula is C30H28Cl2N2O2S. The van der Waals surface area contributed by atoms with Crippen molar-refractivity contribution in [3.05, 3.63) is 92.5 Å². The Morgan fingerprint density at radius 3 is 2.65 bits per heavy atom. The summed E-state index contributed by atoms with van der Waals surface area (Å²) in [6, 6.07) is 18.5. The van der Waals surface area contributed by atoms with Crippen LogP contribution in [0.4, 0.5) is 10.7 Å². The van der Waals surface area contributed by atoms with E-state index in [0.29, 0.717) is 38.0 Å². The molecule has 0 saturated carbocycles. The van der Waals surface area contributed by atoms with Gasteiger partial charge in [-0.3, -0.25) is 4.79 Å². The first-order valence-electron chi connectivity index (χ1n) is 12.3. The number of para-hydroxylation sites is 1. The number of hydrogen-bond acceptors (Lipinski definition) is 4. The molecule has 0 spiro atoms. The highest BCUT2D eigenvalue weighted by atomic mass is 35.5. The van der Waals surface area contributed by atoms with E-state index in [1.807, 2.05) is 42.5 Å². The third kappa shape index (κ3) is 5.69. The molecule has 4 nitrogen and oxygen atoms in total. The van der Waals surface area contributed by atoms with Crippen molar-refractivity contribution >= 4 is 57.3 Å². The van der Waals surface area contributed by atoms with Gasteiger partial charge in [0.1, 0.15) is 16.5 Å². The summed E-state index contributed by atoms with van der Waals surface area (Å²) in [6.07, 6.45) is 4.56. The summed E-state index contributed by atoms with van der Waals surface area (Å²) in [5, 5.41) is 4.89. The molecule has 1 atom stereocenters. The first kappa shape index (κ1) is 25.8. The normalized spacial score (nSPS) is 15.6. The number of thiophene rings is 1. The molecule has 2 aromatic carbocycles. The van der Waals surface area contributed by atoms with Crippen molar-refractivity contribution in [2.45, 2.75) is 40.0 Å². The van der Waals surface area contributed by atoms with Crippen LogP contribution in [0.2, 0.25) is 10.0 Å². The molecule has 0 fully saturated rings. The maximum Gasteiger partial charge on any atom is 0.259 e. The molecular weight excluding hydrogens is 523 g/mol. The number of anilines is 1. The number of benzene rings is 2. The van der Waals surface area contributed by atoms with Gasteiger partial charge < -0.3 is 9.73 Å². The smallest absolute Gasteiger partial charge is 0.259 e. The van der Waals surface area contributed by atoms with Gasteiger partial charge in [-0.2, -0.15) is 0 Å². The number of halogens is 2. The van der Waals surface area contributed by atoms with Crippen molar-refractivity contribution in [1.82, 2.24) is 0 Å². The fourth-order valence-corrected chi connectivity index (χ4v) is 6.38. The van der Waals surface area contributed by atoms with Crippen LogP contribution < -0.4 is 5.32 Å². The van der Waals surface area contributed by atoms with Crippen molar-refractivity contribution in [2.75, 3.05) is 5.32 Å². The molecule has 0 unspecified atom stereocenters. The second-order valence-corrected chi connectivity index (χ2v) is 12.3. The number of carbonyl (C=O) groups excluding carboxylic acids is 1. The van der Waals surface area contributed by atoms with Crippen LogP contribution in [-0.2, 0) is 12.8 Å². The molecule has 0 bridgehead atoms. The topological polar surface area (TPSA) is 54.6 Å². The molecule has 1 N–H and O–H groups in total. The predicted octanol–water partition coefficient (Wildman–Crippen LogP) is 9.47. The van der Waals surface area contributed by atoms with Crippen molar-refractivity contribution in [3.63, 3.8) is 0 Å². The van der Waals surface area contributed by atoms with E-state index in [-0.39, 0.29) is 11.3 Å². The van der Waals surface area contributed by atoms with E-state index in [2.05, 4.69) is 26.1 Å². The molecule has 1 aliphatic rings. The summed E-state index contributed by atoms with van der Waals surface area (Å²) < 4.78 is 6.00. The predicted molar refractivity (Wildman–Crippen MR) is 155 cm³/mol. The summed E-state index contributed by atoms with van der Waals surface area (Å²) in [6.45, 7) is 6.87. The number of nitrogens with zero attached hydrogens (tertiary/aromatic N) is 1. The zero-order chi connectivity index (χ0) is 26.2. The van der Waals surface area contributed by atoms with Gasteiger partial charge in [0.2, 0.25) is 0 Å². The Hall–Kier alpha value is -2.86. The van der Waals surface area contributed by atoms with Crippen LogP contribution in [0, 0.1) is 11.3 Å². The number of hydrogen-bond donors (Lipinski definition) is 1. The van der Waals surface area contributed by atoms with E-state index in [0.717, 1.165) is 36.1 Å². The number of furan rings is 1. The van der Waals surface area contributed by atoms with Gasteiger partial charge >= 0.3 is 0 Å². The van der Waals surface area contributed by atoms with Crippen molar-refractivity contribution in [3.8, 4) is 11.3 Å². The number of carbonyl (C=O) groups is 1. The zero-order valence-electron chi connectivity index (χ0n) is 21.0. The molecule has 0 saturated heterocycles. The van der Waals surface area contributed by atoms with Gasteiger partial charge in [-0.15, -0.1) is 11.3 Å². The van der Waals surface area contributed by atoms with E-state index in [1.54, 1.807) is 35.8 Å². The lowest BCUT2D eigenvalue weighted by Gasteiger charge is -2.33. The minimum Gasteiger partial charge on any atom is -0.455 e. The maximum atomic E-state index is 13.5. The van der Waals surface area contributed by atoms with Gasteiger partial charge in [0.15, 0.2) is 0 Å². The molecule has 2 heterocycles. The van der Waals surface area contributed by atoms with Crippen LogP contribution >= 0.6 is 34.5 Å². The lowest BCUT2D eigenvalue weighted by Crippen LogP contribution is -2.27. The molecule has 4 aromatic rings. The molecule has 0 aliphatic heterocycles. The Kier molecular flexibility index (Phi) is 7.30. The van der Waals surface area contributed by atoms with Crippen LogP contribution in [0.1, 0.15) is 53.8 Å². The van der Waals surface area contributed by atoms with Crippen molar-refractivity contribution in [2.24, 2.45) is 16.3 Å². The lowest BCUT2D eigenvalue weighted by atomic mass is 9.72. The van der Waals surface area contributed by atoms with E-state index in [9.17, 15) is 4.79 Å². The van der Waals surface area contributed by atoms with Crippen LogP contribution in [-0.4, -0.2) is 12.1 Å². The van der Waals surface area contributed by atoms with E-state index in [4.69, 9.17) is 32.6 Å². The second-order valence-electron chi connectivity index (χ2n) is 10.4. The Bertz CT molecular complexity index is 1460. The van der Waals surface area contributed by atoms with E-state index < -0.39 is 0 Å². The molecule has 2 aromatic heterocycles. The van der Waals surface area contributed by atoms with Crippen LogP contribution in [0.25, 0.3) is 11.3 Å². The first-order chi connectivity index (χ1) is 17.7. The molecule has 7 heteroatoms. The SMILES string of the molecule is CC(C)(C)[C@@H]1CCc2c(sc(N=Cc3ccc(-c4cc(Cl)ccc4Cl)o3)c2C(=O)Nc2ccccc2)C1. The fraction of sp³-hybridized carbons (Fsp3) is 0.267. The molecule has 37 heavy (non-hydrogen) atoms. The number of fused-ring (bicyclic) bond motifs is 1. The summed E-state index contributed by atoms with van der Waals surface area (Å²) in [7, 11) is 0. The average Bonchev–Trinajstić information content (AvgIpc) is 3.48. The standard InChI is InChI=1S/C30H28Cl2N2O2S/c1-30(2,3)18-9-12-22-26(15-18)37-29(27(22)28(35)34-20-7-5-4-6-8-20)33-17-21-11-14-25(36-21)23-16-19(31)10-13-24(23)32/h4-8,10-11,13-14,16-18H,9,12,15H2,1-3H3,(H,34,35)/t18-/m1/s1. The van der Waals surface area contributed by atoms with E-state index >= 15 is 0 Å². The fourth-order valence-electron chi connectivity index (χ4n) is 4.73. The number of nitrogens with one attached hydrogen (secondary N) is 1. The molecule has 1 aliphatic carbocycles. The highest BCUT2D eigenvalue weighted by molar-refractivity contribution is 7.16. The monoisotopic (exact) mass is 550 g/mol. The highest BCUT2D eigenvalue weighted by Gasteiger charge is 2.33. The minimum atomic E-state index is -0.129. The number of aliphatic imine (C=N–C) groups is 1. The Balaban J connectivity index is 1.48. The maximum absolute atomic E-state index is 13.5. The van der Waals surface area contributed by atoms with Gasteiger partial charge in [-0.1, -0.05) is 62.2 Å². The summed E-state index contributed by atoms with van der Waals surface area (Å²) in [5.74, 6) is 1.61. The number of amides is 1. The van der Waals surface area contributed by atoms with Gasteiger partial charge in [0.25, 0.3) is 5.91 Å². The average molecular weight is 552 g/mol. The van der Waals surface area contributed by atoms with Crippen LogP contribution in [0.3, 0.4) is 0 Å². The van der Waals surface area contributed by atoms with Crippen molar-refractivity contribution < 1.29 is 9.21 Å². The summed E-state index contributed by atoms with van der Waals surface area (Å²) >= 11 is 14.1. The quantitative estimate of drug-likeness (QED) is 0.251. The minimum absolute atomic E-state index is 0.129. The van der Waals surface area contributed by atoms with Crippen LogP contribution in [0.5, 0.6) is 0 Å². The third-order valence-electron chi connectivity index (χ3n) is 6.86. The molecule has 1 amide bonds. The second kappa shape index (κ2) is 10.5. The highest BCUT2D eigenvalue weighted by Crippen LogP contribution is 2.45. The Morgan fingerprint density at radius 1 is 1.11 bits per heavy atom. The van der Waals surface area contributed by atoms with Gasteiger partial charge in [0, 0.05) is 21.2 Å².